The van der Waals surface area contributed by atoms with E-state index in [1.165, 1.54) is 11.3 Å². The number of halogens is 1. The van der Waals surface area contributed by atoms with E-state index in [9.17, 15) is 4.79 Å². The van der Waals surface area contributed by atoms with Crippen molar-refractivity contribution in [2.75, 3.05) is 11.9 Å². The molecule has 0 spiro atoms. The molecule has 1 heterocycles. The van der Waals surface area contributed by atoms with Crippen LogP contribution in [-0.4, -0.2) is 23.7 Å². The summed E-state index contributed by atoms with van der Waals surface area (Å²) in [4.78, 5) is 16.3. The molecule has 0 aliphatic carbocycles. The quantitative estimate of drug-likeness (QED) is 0.508. The SMILES string of the molecule is O=C(CN/N=C/c1ccccc1Cl)Nc1nc(-c2ccccc2)cs1. The first-order valence-corrected chi connectivity index (χ1v) is 8.79. The van der Waals surface area contributed by atoms with Crippen LogP contribution in [0, 0.1) is 0 Å². The number of rotatable bonds is 6. The number of hydrogen-bond donors (Lipinski definition) is 2. The number of nitrogens with zero attached hydrogens (tertiary/aromatic N) is 2. The molecule has 7 heteroatoms. The average Bonchev–Trinajstić information content (AvgIpc) is 3.09. The summed E-state index contributed by atoms with van der Waals surface area (Å²) in [5.41, 5.74) is 5.33. The monoisotopic (exact) mass is 370 g/mol. The zero-order valence-electron chi connectivity index (χ0n) is 13.1. The van der Waals surface area contributed by atoms with Crippen molar-refractivity contribution < 1.29 is 4.79 Å². The van der Waals surface area contributed by atoms with Gasteiger partial charge in [0.1, 0.15) is 6.54 Å². The van der Waals surface area contributed by atoms with Crippen LogP contribution in [0.25, 0.3) is 11.3 Å². The van der Waals surface area contributed by atoms with E-state index < -0.39 is 0 Å². The normalized spacial score (nSPS) is 10.8. The first kappa shape index (κ1) is 17.1. The van der Waals surface area contributed by atoms with E-state index >= 15 is 0 Å². The Hall–Kier alpha value is -2.70. The molecule has 0 atom stereocenters. The second-order valence-electron chi connectivity index (χ2n) is 5.07. The fourth-order valence-electron chi connectivity index (χ4n) is 2.05. The van der Waals surface area contributed by atoms with Gasteiger partial charge in [-0.05, 0) is 6.07 Å². The van der Waals surface area contributed by atoms with Crippen LogP contribution < -0.4 is 10.7 Å². The third kappa shape index (κ3) is 4.89. The van der Waals surface area contributed by atoms with E-state index in [0.717, 1.165) is 16.8 Å². The van der Waals surface area contributed by atoms with E-state index in [1.54, 1.807) is 12.3 Å². The number of hydrazone groups is 1. The molecule has 3 aromatic rings. The summed E-state index contributed by atoms with van der Waals surface area (Å²) in [6.45, 7) is 0.0429. The zero-order valence-corrected chi connectivity index (χ0v) is 14.7. The molecule has 25 heavy (non-hydrogen) atoms. The maximum absolute atomic E-state index is 11.9. The minimum absolute atomic E-state index is 0.0429. The summed E-state index contributed by atoms with van der Waals surface area (Å²) in [5.74, 6) is -0.217. The second kappa shape index (κ2) is 8.41. The van der Waals surface area contributed by atoms with Crippen LogP contribution in [0.1, 0.15) is 5.56 Å². The van der Waals surface area contributed by atoms with Gasteiger partial charge in [0, 0.05) is 21.5 Å². The molecule has 2 aromatic carbocycles. The standard InChI is InChI=1S/C18H15ClN4OS/c19-15-9-5-4-8-14(15)10-20-21-11-17(24)23-18-22-16(12-25-18)13-6-2-1-3-7-13/h1-10,12,21H,11H2,(H,22,23,24)/b20-10+. The van der Waals surface area contributed by atoms with Crippen molar-refractivity contribution in [2.24, 2.45) is 5.10 Å². The number of benzene rings is 2. The fraction of sp³-hybridized carbons (Fsp3) is 0.0556. The Morgan fingerprint density at radius 3 is 2.72 bits per heavy atom. The van der Waals surface area contributed by atoms with Gasteiger partial charge in [0.15, 0.2) is 5.13 Å². The maximum atomic E-state index is 11.9. The van der Waals surface area contributed by atoms with E-state index in [0.29, 0.717) is 10.2 Å². The molecular formula is C18H15ClN4OS. The molecule has 126 valence electrons. The molecule has 0 unspecified atom stereocenters. The van der Waals surface area contributed by atoms with Gasteiger partial charge in [0.05, 0.1) is 11.9 Å². The topological polar surface area (TPSA) is 66.4 Å². The minimum atomic E-state index is -0.217. The van der Waals surface area contributed by atoms with Gasteiger partial charge in [-0.25, -0.2) is 4.98 Å². The van der Waals surface area contributed by atoms with Gasteiger partial charge in [-0.15, -0.1) is 11.3 Å². The van der Waals surface area contributed by atoms with Crippen molar-refractivity contribution in [3.8, 4) is 11.3 Å². The molecule has 0 radical (unpaired) electrons. The van der Waals surface area contributed by atoms with Crippen LogP contribution in [-0.2, 0) is 4.79 Å². The number of anilines is 1. The van der Waals surface area contributed by atoms with Gasteiger partial charge in [0.2, 0.25) is 5.91 Å². The molecule has 0 aliphatic heterocycles. The molecule has 1 amide bonds. The van der Waals surface area contributed by atoms with Crippen molar-refractivity contribution in [3.05, 3.63) is 70.6 Å². The largest absolute Gasteiger partial charge is 0.301 e. The Morgan fingerprint density at radius 2 is 1.92 bits per heavy atom. The van der Waals surface area contributed by atoms with Crippen molar-refractivity contribution in [1.29, 1.82) is 0 Å². The highest BCUT2D eigenvalue weighted by atomic mass is 35.5. The summed E-state index contributed by atoms with van der Waals surface area (Å²) in [5, 5.41) is 9.82. The van der Waals surface area contributed by atoms with Gasteiger partial charge >= 0.3 is 0 Å². The lowest BCUT2D eigenvalue weighted by atomic mass is 10.2. The van der Waals surface area contributed by atoms with Crippen molar-refractivity contribution >= 4 is 40.2 Å². The molecule has 0 aliphatic rings. The Morgan fingerprint density at radius 1 is 1.16 bits per heavy atom. The molecule has 0 saturated carbocycles. The summed E-state index contributed by atoms with van der Waals surface area (Å²) in [7, 11) is 0. The summed E-state index contributed by atoms with van der Waals surface area (Å²) in [6.07, 6.45) is 1.58. The average molecular weight is 371 g/mol. The predicted molar refractivity (Wildman–Crippen MR) is 103 cm³/mol. The lowest BCUT2D eigenvalue weighted by Crippen LogP contribution is -2.24. The number of aromatic nitrogens is 1. The Labute approximate surface area is 154 Å². The Kier molecular flexibility index (Phi) is 5.77. The van der Waals surface area contributed by atoms with Crippen LogP contribution in [0.4, 0.5) is 5.13 Å². The van der Waals surface area contributed by atoms with E-state index in [4.69, 9.17) is 11.6 Å². The smallest absolute Gasteiger partial charge is 0.247 e. The zero-order chi connectivity index (χ0) is 17.5. The number of thiazole rings is 1. The Balaban J connectivity index is 1.50. The van der Waals surface area contributed by atoms with Crippen molar-refractivity contribution in [3.63, 3.8) is 0 Å². The first-order valence-electron chi connectivity index (χ1n) is 7.53. The minimum Gasteiger partial charge on any atom is -0.301 e. The van der Waals surface area contributed by atoms with Gasteiger partial charge in [-0.3, -0.25) is 4.79 Å². The molecule has 3 rings (SSSR count). The third-order valence-corrected chi connectivity index (χ3v) is 4.36. The molecule has 1 aromatic heterocycles. The molecule has 0 saturated heterocycles. The van der Waals surface area contributed by atoms with E-state index in [1.807, 2.05) is 53.9 Å². The first-order chi connectivity index (χ1) is 12.2. The number of carbonyl (C=O) groups excluding carboxylic acids is 1. The number of nitrogens with one attached hydrogen (secondary N) is 2. The van der Waals surface area contributed by atoms with Crippen LogP contribution >= 0.6 is 22.9 Å². The number of amides is 1. The van der Waals surface area contributed by atoms with Gasteiger partial charge in [-0.1, -0.05) is 60.1 Å². The third-order valence-electron chi connectivity index (χ3n) is 3.26. The fourth-order valence-corrected chi connectivity index (χ4v) is 2.97. The van der Waals surface area contributed by atoms with Gasteiger partial charge < -0.3 is 10.7 Å². The summed E-state index contributed by atoms with van der Waals surface area (Å²) in [6, 6.07) is 17.1. The molecular weight excluding hydrogens is 356 g/mol. The summed E-state index contributed by atoms with van der Waals surface area (Å²) < 4.78 is 0. The molecule has 2 N–H and O–H groups in total. The number of carbonyl (C=O) groups is 1. The second-order valence-corrected chi connectivity index (χ2v) is 6.33. The highest BCUT2D eigenvalue weighted by molar-refractivity contribution is 7.14. The highest BCUT2D eigenvalue weighted by Crippen LogP contribution is 2.24. The summed E-state index contributed by atoms with van der Waals surface area (Å²) >= 11 is 7.40. The predicted octanol–water partition coefficient (Wildman–Crippen LogP) is 4.03. The van der Waals surface area contributed by atoms with E-state index in [-0.39, 0.29) is 12.5 Å². The molecule has 5 nitrogen and oxygen atoms in total. The van der Waals surface area contributed by atoms with Crippen LogP contribution in [0.15, 0.2) is 65.1 Å². The van der Waals surface area contributed by atoms with Crippen LogP contribution in [0.5, 0.6) is 0 Å². The Bertz CT molecular complexity index is 880. The maximum Gasteiger partial charge on any atom is 0.247 e. The van der Waals surface area contributed by atoms with E-state index in [2.05, 4.69) is 20.8 Å². The van der Waals surface area contributed by atoms with Crippen molar-refractivity contribution in [2.45, 2.75) is 0 Å². The lowest BCUT2D eigenvalue weighted by molar-refractivity contribution is -0.115. The van der Waals surface area contributed by atoms with Crippen LogP contribution in [0.3, 0.4) is 0 Å². The highest BCUT2D eigenvalue weighted by Gasteiger charge is 2.07. The lowest BCUT2D eigenvalue weighted by Gasteiger charge is -2.01. The number of hydrogen-bond acceptors (Lipinski definition) is 5. The van der Waals surface area contributed by atoms with Crippen molar-refractivity contribution in [1.82, 2.24) is 10.4 Å². The molecule has 0 fully saturated rings. The van der Waals surface area contributed by atoms with Gasteiger partial charge in [0.25, 0.3) is 0 Å². The molecule has 0 bridgehead atoms. The van der Waals surface area contributed by atoms with Gasteiger partial charge in [-0.2, -0.15) is 5.10 Å². The van der Waals surface area contributed by atoms with Crippen LogP contribution in [0.2, 0.25) is 5.02 Å².